The maximum absolute atomic E-state index is 12.5. The van der Waals surface area contributed by atoms with Crippen molar-refractivity contribution in [2.75, 3.05) is 20.3 Å². The van der Waals surface area contributed by atoms with Crippen LogP contribution in [0.4, 0.5) is 0 Å². The molecule has 3 aromatic rings. The third-order valence-corrected chi connectivity index (χ3v) is 5.62. The number of methoxy groups -OCH3 is 1. The molecule has 0 saturated heterocycles. The Kier molecular flexibility index (Phi) is 10.0. The summed E-state index contributed by atoms with van der Waals surface area (Å²) in [5.41, 5.74) is 3.20. The minimum Gasteiger partial charge on any atom is -0.490 e. The lowest BCUT2D eigenvalue weighted by Crippen LogP contribution is -2.17. The van der Waals surface area contributed by atoms with Crippen molar-refractivity contribution >= 4 is 24.0 Å². The summed E-state index contributed by atoms with van der Waals surface area (Å²) in [6.07, 6.45) is 3.78. The number of hydrogen-bond acceptors (Lipinski definition) is 7. The number of benzene rings is 3. The fraction of sp³-hybridized carbons (Fsp3) is 0.233. The van der Waals surface area contributed by atoms with Gasteiger partial charge in [-0.15, -0.1) is 0 Å². The van der Waals surface area contributed by atoms with Gasteiger partial charge in [0.15, 0.2) is 0 Å². The van der Waals surface area contributed by atoms with Gasteiger partial charge in [-0.25, -0.2) is 9.59 Å². The molecule has 0 aliphatic carbocycles. The molecule has 0 heterocycles. The highest BCUT2D eigenvalue weighted by Gasteiger charge is 2.12. The first kappa shape index (κ1) is 27.2. The summed E-state index contributed by atoms with van der Waals surface area (Å²) in [7, 11) is 1.33. The Morgan fingerprint density at radius 3 is 2.00 bits per heavy atom. The predicted octanol–water partition coefficient (Wildman–Crippen LogP) is 5.73. The van der Waals surface area contributed by atoms with Crippen LogP contribution in [0.25, 0.3) is 17.2 Å². The second-order valence-corrected chi connectivity index (χ2v) is 8.24. The van der Waals surface area contributed by atoms with E-state index in [0.29, 0.717) is 17.1 Å². The Hall–Kier alpha value is -4.39. The molecule has 3 rings (SSSR count). The van der Waals surface area contributed by atoms with Gasteiger partial charge in [0.2, 0.25) is 0 Å². The lowest BCUT2D eigenvalue weighted by atomic mass is 10.0. The zero-order valence-corrected chi connectivity index (χ0v) is 21.1. The largest absolute Gasteiger partial charge is 0.490 e. The SMILES string of the molecule is CCC(C)C(=O)OCCOc1ccc(C(=O)Oc2ccc(-c3ccc(/C=C/C(=O)OC)cc3)cc2)cc1. The molecule has 0 aliphatic heterocycles. The van der Waals surface area contributed by atoms with Gasteiger partial charge in [0.1, 0.15) is 24.7 Å². The lowest BCUT2D eigenvalue weighted by molar-refractivity contribution is -0.148. The first-order valence-electron chi connectivity index (χ1n) is 12.0. The average Bonchev–Trinajstić information content (AvgIpc) is 2.94. The molecule has 0 radical (unpaired) electrons. The highest BCUT2D eigenvalue weighted by Crippen LogP contribution is 2.24. The Morgan fingerprint density at radius 1 is 0.811 bits per heavy atom. The summed E-state index contributed by atoms with van der Waals surface area (Å²) in [5, 5.41) is 0. The van der Waals surface area contributed by atoms with Crippen LogP contribution in [0, 0.1) is 5.92 Å². The second kappa shape index (κ2) is 13.6. The molecular formula is C30H30O7. The standard InChI is InChI=1S/C30H30O7/c1-4-21(2)29(32)36-20-19-35-26-14-12-25(13-15-26)30(33)37-27-16-10-24(11-17-27)23-8-5-22(6-9-23)7-18-28(31)34-3/h5-18,21H,4,19-20H2,1-3H3/b18-7+. The van der Waals surface area contributed by atoms with Crippen LogP contribution in [-0.2, 0) is 19.1 Å². The van der Waals surface area contributed by atoms with Crippen LogP contribution < -0.4 is 9.47 Å². The van der Waals surface area contributed by atoms with E-state index in [2.05, 4.69) is 4.74 Å². The molecule has 1 atom stereocenters. The Morgan fingerprint density at radius 2 is 1.41 bits per heavy atom. The van der Waals surface area contributed by atoms with Crippen molar-refractivity contribution in [2.45, 2.75) is 20.3 Å². The minimum absolute atomic E-state index is 0.129. The summed E-state index contributed by atoms with van der Waals surface area (Å²) in [6.45, 7) is 4.15. The van der Waals surface area contributed by atoms with Crippen molar-refractivity contribution in [3.8, 4) is 22.6 Å². The zero-order chi connectivity index (χ0) is 26.6. The van der Waals surface area contributed by atoms with Crippen molar-refractivity contribution in [1.29, 1.82) is 0 Å². The monoisotopic (exact) mass is 502 g/mol. The Labute approximate surface area is 216 Å². The third kappa shape index (κ3) is 8.35. The van der Waals surface area contributed by atoms with Crippen LogP contribution in [0.3, 0.4) is 0 Å². The van der Waals surface area contributed by atoms with Crippen LogP contribution in [-0.4, -0.2) is 38.2 Å². The highest BCUT2D eigenvalue weighted by atomic mass is 16.6. The summed E-state index contributed by atoms with van der Waals surface area (Å²) in [6, 6.07) is 21.5. The maximum atomic E-state index is 12.5. The van der Waals surface area contributed by atoms with Crippen LogP contribution in [0.1, 0.15) is 36.2 Å². The third-order valence-electron chi connectivity index (χ3n) is 5.62. The van der Waals surface area contributed by atoms with E-state index in [0.717, 1.165) is 23.1 Å². The summed E-state index contributed by atoms with van der Waals surface area (Å²) < 4.78 is 20.8. The van der Waals surface area contributed by atoms with E-state index in [1.165, 1.54) is 13.2 Å². The summed E-state index contributed by atoms with van der Waals surface area (Å²) in [5.74, 6) is -0.267. The van der Waals surface area contributed by atoms with Gasteiger partial charge in [-0.05, 0) is 65.6 Å². The molecule has 192 valence electrons. The molecule has 7 nitrogen and oxygen atoms in total. The number of carbonyl (C=O) groups excluding carboxylic acids is 3. The number of carbonyl (C=O) groups is 3. The molecular weight excluding hydrogens is 472 g/mol. The van der Waals surface area contributed by atoms with Crippen LogP contribution in [0.2, 0.25) is 0 Å². The molecule has 0 bridgehead atoms. The molecule has 3 aromatic carbocycles. The first-order valence-corrected chi connectivity index (χ1v) is 12.0. The zero-order valence-electron chi connectivity index (χ0n) is 21.1. The van der Waals surface area contributed by atoms with Crippen molar-refractivity contribution in [2.24, 2.45) is 5.92 Å². The van der Waals surface area contributed by atoms with Gasteiger partial charge in [0.25, 0.3) is 0 Å². The van der Waals surface area contributed by atoms with Crippen molar-refractivity contribution in [1.82, 2.24) is 0 Å². The normalized spacial score (nSPS) is 11.5. The van der Waals surface area contributed by atoms with E-state index in [-0.39, 0.29) is 25.1 Å². The molecule has 7 heteroatoms. The van der Waals surface area contributed by atoms with E-state index in [1.54, 1.807) is 42.5 Å². The Bertz CT molecular complexity index is 1210. The second-order valence-electron chi connectivity index (χ2n) is 8.24. The average molecular weight is 503 g/mol. The maximum Gasteiger partial charge on any atom is 0.343 e. The van der Waals surface area contributed by atoms with E-state index in [4.69, 9.17) is 14.2 Å². The molecule has 0 aliphatic rings. The molecule has 37 heavy (non-hydrogen) atoms. The summed E-state index contributed by atoms with van der Waals surface area (Å²) >= 11 is 0. The molecule has 1 unspecified atom stereocenters. The molecule has 0 amide bonds. The van der Waals surface area contributed by atoms with Gasteiger partial charge in [0, 0.05) is 6.08 Å². The molecule has 0 aromatic heterocycles. The quantitative estimate of drug-likeness (QED) is 0.143. The fourth-order valence-electron chi connectivity index (χ4n) is 3.20. The van der Waals surface area contributed by atoms with Gasteiger partial charge >= 0.3 is 17.9 Å². The Balaban J connectivity index is 1.50. The van der Waals surface area contributed by atoms with E-state index in [1.807, 2.05) is 50.2 Å². The van der Waals surface area contributed by atoms with Gasteiger partial charge in [-0.3, -0.25) is 4.79 Å². The fourth-order valence-corrected chi connectivity index (χ4v) is 3.20. The topological polar surface area (TPSA) is 88.1 Å². The molecule has 0 N–H and O–H groups in total. The van der Waals surface area contributed by atoms with E-state index in [9.17, 15) is 14.4 Å². The smallest absolute Gasteiger partial charge is 0.343 e. The number of esters is 3. The highest BCUT2D eigenvalue weighted by molar-refractivity contribution is 5.91. The minimum atomic E-state index is -0.483. The van der Waals surface area contributed by atoms with Crippen molar-refractivity contribution in [3.05, 3.63) is 90.0 Å². The van der Waals surface area contributed by atoms with Crippen molar-refractivity contribution in [3.63, 3.8) is 0 Å². The molecule has 0 spiro atoms. The predicted molar refractivity (Wildman–Crippen MR) is 140 cm³/mol. The lowest BCUT2D eigenvalue weighted by Gasteiger charge is -2.10. The van der Waals surface area contributed by atoms with E-state index >= 15 is 0 Å². The first-order chi connectivity index (χ1) is 17.9. The van der Waals surface area contributed by atoms with Crippen LogP contribution in [0.15, 0.2) is 78.9 Å². The number of rotatable bonds is 11. The molecule has 0 saturated carbocycles. The number of hydrogen-bond donors (Lipinski definition) is 0. The van der Waals surface area contributed by atoms with Gasteiger partial charge in [-0.2, -0.15) is 0 Å². The van der Waals surface area contributed by atoms with Gasteiger partial charge < -0.3 is 18.9 Å². The van der Waals surface area contributed by atoms with Crippen molar-refractivity contribution < 1.29 is 33.3 Å². The molecule has 0 fully saturated rings. The number of ether oxygens (including phenoxy) is 4. The van der Waals surface area contributed by atoms with Crippen LogP contribution in [0.5, 0.6) is 11.5 Å². The summed E-state index contributed by atoms with van der Waals surface area (Å²) in [4.78, 5) is 35.4. The van der Waals surface area contributed by atoms with Gasteiger partial charge in [0.05, 0.1) is 18.6 Å². The van der Waals surface area contributed by atoms with Crippen LogP contribution >= 0.6 is 0 Å². The van der Waals surface area contributed by atoms with E-state index < -0.39 is 11.9 Å². The van der Waals surface area contributed by atoms with Gasteiger partial charge in [-0.1, -0.05) is 50.2 Å².